The minimum atomic E-state index is -3.62. The third-order valence-corrected chi connectivity index (χ3v) is 7.37. The molecule has 2 aromatic heterocycles. The van der Waals surface area contributed by atoms with Gasteiger partial charge in [0.05, 0.1) is 16.4 Å². The highest BCUT2D eigenvalue weighted by Crippen LogP contribution is 2.22. The third kappa shape index (κ3) is 4.01. The SMILES string of the molecule is CCC(C(=O)N1CCN(S(=O)(=O)c2cn(CC)nc2C)CC1)n1cc(Br)cn1. The molecule has 3 heterocycles. The van der Waals surface area contributed by atoms with Crippen LogP contribution >= 0.6 is 15.9 Å². The molecule has 1 amide bonds. The maximum absolute atomic E-state index is 13.0. The molecule has 0 bridgehead atoms. The Kier molecular flexibility index (Phi) is 6.25. The van der Waals surface area contributed by atoms with E-state index >= 15 is 0 Å². The molecule has 154 valence electrons. The summed E-state index contributed by atoms with van der Waals surface area (Å²) in [5.41, 5.74) is 0.496. The lowest BCUT2D eigenvalue weighted by Gasteiger charge is -2.35. The van der Waals surface area contributed by atoms with E-state index in [1.54, 1.807) is 39.8 Å². The lowest BCUT2D eigenvalue weighted by atomic mass is 10.2. The van der Waals surface area contributed by atoms with Gasteiger partial charge in [0.1, 0.15) is 10.9 Å². The quantitative estimate of drug-likeness (QED) is 0.636. The van der Waals surface area contributed by atoms with Crippen LogP contribution in [0.1, 0.15) is 32.0 Å². The zero-order valence-electron chi connectivity index (χ0n) is 16.2. The number of sulfonamides is 1. The summed E-state index contributed by atoms with van der Waals surface area (Å²) in [4.78, 5) is 14.9. The van der Waals surface area contributed by atoms with Crippen LogP contribution in [0.5, 0.6) is 0 Å². The molecular weight excluding hydrogens is 448 g/mol. The number of aromatic nitrogens is 4. The first-order chi connectivity index (χ1) is 13.3. The van der Waals surface area contributed by atoms with E-state index in [9.17, 15) is 13.2 Å². The van der Waals surface area contributed by atoms with Crippen LogP contribution < -0.4 is 0 Å². The van der Waals surface area contributed by atoms with Gasteiger partial charge in [-0.15, -0.1) is 0 Å². The lowest BCUT2D eigenvalue weighted by Crippen LogP contribution is -2.52. The van der Waals surface area contributed by atoms with Gasteiger partial charge in [0.15, 0.2) is 0 Å². The predicted molar refractivity (Wildman–Crippen MR) is 107 cm³/mol. The van der Waals surface area contributed by atoms with Crippen LogP contribution in [0.15, 0.2) is 28.0 Å². The first-order valence-corrected chi connectivity index (χ1v) is 11.5. The number of carbonyl (C=O) groups is 1. The average molecular weight is 473 g/mol. The van der Waals surface area contributed by atoms with Gasteiger partial charge in [0.2, 0.25) is 15.9 Å². The van der Waals surface area contributed by atoms with Crippen molar-refractivity contribution < 1.29 is 13.2 Å². The van der Waals surface area contributed by atoms with Crippen molar-refractivity contribution in [3.8, 4) is 0 Å². The molecule has 0 radical (unpaired) electrons. The highest BCUT2D eigenvalue weighted by Gasteiger charge is 2.34. The molecule has 0 aromatic carbocycles. The fourth-order valence-corrected chi connectivity index (χ4v) is 5.27. The van der Waals surface area contributed by atoms with Gasteiger partial charge in [-0.2, -0.15) is 14.5 Å². The van der Waals surface area contributed by atoms with Crippen molar-refractivity contribution >= 4 is 31.9 Å². The van der Waals surface area contributed by atoms with Gasteiger partial charge in [-0.25, -0.2) is 8.42 Å². The Hall–Kier alpha value is -1.72. The Labute approximate surface area is 173 Å². The maximum atomic E-state index is 13.0. The second-order valence-corrected chi connectivity index (χ2v) is 9.55. The highest BCUT2D eigenvalue weighted by atomic mass is 79.9. The molecule has 0 spiro atoms. The number of aryl methyl sites for hydroxylation is 2. The number of amides is 1. The number of hydrogen-bond donors (Lipinski definition) is 0. The number of piperazine rings is 1. The van der Waals surface area contributed by atoms with E-state index in [-0.39, 0.29) is 29.9 Å². The summed E-state index contributed by atoms with van der Waals surface area (Å²) < 4.78 is 31.5. The van der Waals surface area contributed by atoms with Gasteiger partial charge in [-0.3, -0.25) is 14.2 Å². The van der Waals surface area contributed by atoms with Gasteiger partial charge < -0.3 is 4.90 Å². The summed E-state index contributed by atoms with van der Waals surface area (Å²) in [5.74, 6) is -0.0369. The molecule has 2 aromatic rings. The van der Waals surface area contributed by atoms with Crippen LogP contribution in [-0.2, 0) is 21.4 Å². The Morgan fingerprint density at radius 3 is 2.39 bits per heavy atom. The number of hydrogen-bond acceptors (Lipinski definition) is 5. The summed E-state index contributed by atoms with van der Waals surface area (Å²) in [6.07, 6.45) is 5.62. The largest absolute Gasteiger partial charge is 0.338 e. The van der Waals surface area contributed by atoms with Crippen LogP contribution in [0, 0.1) is 6.92 Å². The molecule has 28 heavy (non-hydrogen) atoms. The fraction of sp³-hybridized carbons (Fsp3) is 0.588. The van der Waals surface area contributed by atoms with E-state index < -0.39 is 10.0 Å². The normalized spacial score (nSPS) is 17.1. The lowest BCUT2D eigenvalue weighted by molar-refractivity contribution is -0.136. The third-order valence-electron chi connectivity index (χ3n) is 4.95. The summed E-state index contributed by atoms with van der Waals surface area (Å²) in [5, 5.41) is 8.46. The predicted octanol–water partition coefficient (Wildman–Crippen LogP) is 1.65. The van der Waals surface area contributed by atoms with Crippen molar-refractivity contribution in [2.75, 3.05) is 26.2 Å². The number of halogens is 1. The molecule has 9 nitrogen and oxygen atoms in total. The first kappa shape index (κ1) is 21.0. The number of carbonyl (C=O) groups excluding carboxylic acids is 1. The van der Waals surface area contributed by atoms with Crippen molar-refractivity contribution in [1.82, 2.24) is 28.8 Å². The topological polar surface area (TPSA) is 93.3 Å². The van der Waals surface area contributed by atoms with Crippen molar-refractivity contribution in [1.29, 1.82) is 0 Å². The maximum Gasteiger partial charge on any atom is 0.247 e. The number of rotatable bonds is 6. The molecule has 11 heteroatoms. The Morgan fingerprint density at radius 1 is 1.21 bits per heavy atom. The highest BCUT2D eigenvalue weighted by molar-refractivity contribution is 9.10. The van der Waals surface area contributed by atoms with E-state index in [0.717, 1.165) is 4.47 Å². The van der Waals surface area contributed by atoms with Crippen molar-refractivity contribution in [2.45, 2.75) is 44.7 Å². The van der Waals surface area contributed by atoms with E-state index in [2.05, 4.69) is 26.1 Å². The Bertz CT molecular complexity index is 946. The minimum Gasteiger partial charge on any atom is -0.338 e. The first-order valence-electron chi connectivity index (χ1n) is 9.30. The molecule has 3 rings (SSSR count). The molecule has 1 unspecified atom stereocenters. The zero-order valence-corrected chi connectivity index (χ0v) is 18.6. The molecule has 1 saturated heterocycles. The fourth-order valence-electron chi connectivity index (χ4n) is 3.37. The molecule has 1 atom stereocenters. The van der Waals surface area contributed by atoms with Crippen LogP contribution in [0.3, 0.4) is 0 Å². The second-order valence-electron chi connectivity index (χ2n) is 6.73. The van der Waals surface area contributed by atoms with Crippen LogP contribution in [-0.4, -0.2) is 69.3 Å². The van der Waals surface area contributed by atoms with Crippen LogP contribution in [0.2, 0.25) is 0 Å². The molecule has 1 aliphatic rings. The molecule has 1 fully saturated rings. The minimum absolute atomic E-state index is 0.0369. The van der Waals surface area contributed by atoms with Gasteiger partial charge in [-0.1, -0.05) is 6.92 Å². The van der Waals surface area contributed by atoms with Crippen molar-refractivity contribution in [3.05, 3.63) is 28.8 Å². The Balaban J connectivity index is 1.69. The smallest absolute Gasteiger partial charge is 0.247 e. The standard InChI is InChI=1S/C17H25BrN6O3S/c1-4-15(24-11-14(18)10-19-24)17(25)21-6-8-23(9-7-21)28(26,27)16-12-22(5-2)20-13(16)3/h10-12,15H,4-9H2,1-3H3. The Morgan fingerprint density at radius 2 is 1.89 bits per heavy atom. The summed E-state index contributed by atoms with van der Waals surface area (Å²) in [7, 11) is -3.62. The average Bonchev–Trinajstić information content (AvgIpc) is 3.28. The summed E-state index contributed by atoms with van der Waals surface area (Å²) in [6, 6.07) is -0.389. The molecule has 1 aliphatic heterocycles. The van der Waals surface area contributed by atoms with E-state index in [0.29, 0.717) is 31.7 Å². The monoisotopic (exact) mass is 472 g/mol. The summed E-state index contributed by atoms with van der Waals surface area (Å²) in [6.45, 7) is 7.42. The van der Waals surface area contributed by atoms with E-state index in [4.69, 9.17) is 0 Å². The summed E-state index contributed by atoms with van der Waals surface area (Å²) >= 11 is 3.35. The van der Waals surface area contributed by atoms with E-state index in [1.807, 2.05) is 13.8 Å². The van der Waals surface area contributed by atoms with Crippen LogP contribution in [0.4, 0.5) is 0 Å². The van der Waals surface area contributed by atoms with Crippen molar-refractivity contribution in [2.24, 2.45) is 0 Å². The van der Waals surface area contributed by atoms with Gasteiger partial charge in [0.25, 0.3) is 0 Å². The van der Waals surface area contributed by atoms with Gasteiger partial charge >= 0.3 is 0 Å². The van der Waals surface area contributed by atoms with Gasteiger partial charge in [0, 0.05) is 45.1 Å². The molecule has 0 aliphatic carbocycles. The zero-order chi connectivity index (χ0) is 20.5. The van der Waals surface area contributed by atoms with Crippen LogP contribution in [0.25, 0.3) is 0 Å². The molecule has 0 saturated carbocycles. The number of nitrogens with zero attached hydrogens (tertiary/aromatic N) is 6. The van der Waals surface area contributed by atoms with Crippen molar-refractivity contribution in [3.63, 3.8) is 0 Å². The molecular formula is C17H25BrN6O3S. The molecule has 0 N–H and O–H groups in total. The van der Waals surface area contributed by atoms with Gasteiger partial charge in [-0.05, 0) is 36.2 Å². The second kappa shape index (κ2) is 8.34. The van der Waals surface area contributed by atoms with E-state index in [1.165, 1.54) is 4.31 Å².